The lowest BCUT2D eigenvalue weighted by atomic mass is 10.0. The van der Waals surface area contributed by atoms with Crippen molar-refractivity contribution in [3.8, 4) is 11.5 Å². The van der Waals surface area contributed by atoms with Crippen LogP contribution in [-0.4, -0.2) is 67.1 Å². The van der Waals surface area contributed by atoms with E-state index in [-0.39, 0.29) is 29.6 Å². The molecule has 2 fully saturated rings. The lowest BCUT2D eigenvalue weighted by Crippen LogP contribution is -2.38. The number of benzene rings is 2. The number of nitrogens with one attached hydrogen (secondary N) is 3. The van der Waals surface area contributed by atoms with Gasteiger partial charge in [-0.25, -0.2) is 13.1 Å². The van der Waals surface area contributed by atoms with E-state index in [9.17, 15) is 13.2 Å². The number of methoxy groups -OCH3 is 2. The lowest BCUT2D eigenvalue weighted by molar-refractivity contribution is -0.122. The monoisotopic (exact) mass is 533 g/mol. The zero-order valence-corrected chi connectivity index (χ0v) is 22.0. The fourth-order valence-corrected chi connectivity index (χ4v) is 5.51. The molecule has 3 atom stereocenters. The third kappa shape index (κ3) is 7.13. The van der Waals surface area contributed by atoms with Crippen molar-refractivity contribution in [2.24, 2.45) is 0 Å². The van der Waals surface area contributed by atoms with E-state index in [2.05, 4.69) is 15.4 Å². The Labute approximate surface area is 218 Å². The maximum atomic E-state index is 13.3. The van der Waals surface area contributed by atoms with E-state index in [4.69, 9.17) is 18.9 Å². The summed E-state index contributed by atoms with van der Waals surface area (Å²) in [7, 11) is -0.594. The smallest absolute Gasteiger partial charge is 0.247 e. The number of ether oxygens (including phenoxy) is 4. The number of rotatable bonds is 12. The Balaban J connectivity index is 1.49. The molecule has 0 saturated carbocycles. The molecule has 37 heavy (non-hydrogen) atoms. The predicted octanol–water partition coefficient (Wildman–Crippen LogP) is 2.61. The van der Waals surface area contributed by atoms with E-state index in [1.807, 2.05) is 0 Å². The number of amides is 1. The van der Waals surface area contributed by atoms with E-state index < -0.39 is 16.1 Å². The second-order valence-electron chi connectivity index (χ2n) is 9.08. The minimum absolute atomic E-state index is 0.00151. The SMILES string of the molecule is COc1ccc([C@H](Nc2ccc(S(=O)(=O)NC[C@@H]3CCCO3)cc2)C(=O)NC[C@H]2CCCO2)cc1OC. The highest BCUT2D eigenvalue weighted by Crippen LogP contribution is 2.31. The predicted molar refractivity (Wildman–Crippen MR) is 138 cm³/mol. The van der Waals surface area contributed by atoms with Crippen LogP contribution >= 0.6 is 0 Å². The second-order valence-corrected chi connectivity index (χ2v) is 10.9. The maximum absolute atomic E-state index is 13.3. The van der Waals surface area contributed by atoms with Gasteiger partial charge in [0.15, 0.2) is 11.5 Å². The average Bonchev–Trinajstić information content (AvgIpc) is 3.64. The Morgan fingerprint density at radius 2 is 1.59 bits per heavy atom. The highest BCUT2D eigenvalue weighted by Gasteiger charge is 2.25. The number of hydrogen-bond donors (Lipinski definition) is 3. The first-order valence-corrected chi connectivity index (χ1v) is 14.0. The van der Waals surface area contributed by atoms with Crippen LogP contribution in [0, 0.1) is 0 Å². The molecule has 2 aliphatic rings. The summed E-state index contributed by atoms with van der Waals surface area (Å²) in [5, 5.41) is 6.20. The van der Waals surface area contributed by atoms with Crippen molar-refractivity contribution < 1.29 is 32.2 Å². The van der Waals surface area contributed by atoms with E-state index in [0.717, 1.165) is 25.7 Å². The second kappa shape index (κ2) is 12.6. The highest BCUT2D eigenvalue weighted by atomic mass is 32.2. The number of carbonyl (C=O) groups excluding carboxylic acids is 1. The van der Waals surface area contributed by atoms with Gasteiger partial charge in [0.25, 0.3) is 0 Å². The summed E-state index contributed by atoms with van der Waals surface area (Å²) in [4.78, 5) is 13.4. The molecule has 10 nitrogen and oxygen atoms in total. The number of anilines is 1. The number of sulfonamides is 1. The van der Waals surface area contributed by atoms with Crippen LogP contribution in [-0.2, 0) is 24.3 Å². The van der Waals surface area contributed by atoms with Gasteiger partial charge in [0.2, 0.25) is 15.9 Å². The van der Waals surface area contributed by atoms with Crippen LogP contribution in [0.4, 0.5) is 5.69 Å². The molecule has 0 aromatic heterocycles. The molecule has 3 N–H and O–H groups in total. The van der Waals surface area contributed by atoms with Gasteiger partial charge in [0.1, 0.15) is 6.04 Å². The molecule has 0 unspecified atom stereocenters. The van der Waals surface area contributed by atoms with E-state index in [0.29, 0.717) is 42.5 Å². The van der Waals surface area contributed by atoms with E-state index in [1.165, 1.54) is 19.2 Å². The third-order valence-corrected chi connectivity index (χ3v) is 7.97. The zero-order chi connectivity index (χ0) is 26.3. The molecule has 0 bridgehead atoms. The number of hydrogen-bond acceptors (Lipinski definition) is 8. The van der Waals surface area contributed by atoms with E-state index >= 15 is 0 Å². The molecule has 2 aromatic carbocycles. The van der Waals surface area contributed by atoms with Crippen molar-refractivity contribution in [1.29, 1.82) is 0 Å². The Hall–Kier alpha value is -2.86. The van der Waals surface area contributed by atoms with Gasteiger partial charge in [-0.2, -0.15) is 0 Å². The summed E-state index contributed by atoms with van der Waals surface area (Å²) in [5.41, 5.74) is 1.25. The molecule has 2 aromatic rings. The average molecular weight is 534 g/mol. The van der Waals surface area contributed by atoms with Crippen molar-refractivity contribution in [1.82, 2.24) is 10.0 Å². The van der Waals surface area contributed by atoms with Gasteiger partial charge in [0.05, 0.1) is 31.3 Å². The molecule has 11 heteroatoms. The van der Waals surface area contributed by atoms with Gasteiger partial charge in [-0.3, -0.25) is 4.79 Å². The maximum Gasteiger partial charge on any atom is 0.247 e. The summed E-state index contributed by atoms with van der Waals surface area (Å²) < 4.78 is 49.9. The van der Waals surface area contributed by atoms with Crippen LogP contribution in [0.5, 0.6) is 11.5 Å². The molecule has 1 amide bonds. The third-order valence-electron chi connectivity index (χ3n) is 6.53. The van der Waals surface area contributed by atoms with Crippen LogP contribution in [0.15, 0.2) is 47.4 Å². The van der Waals surface area contributed by atoms with Crippen molar-refractivity contribution in [3.63, 3.8) is 0 Å². The minimum atomic E-state index is -3.68. The molecule has 0 radical (unpaired) electrons. The first-order chi connectivity index (χ1) is 17.9. The van der Waals surface area contributed by atoms with Gasteiger partial charge < -0.3 is 29.6 Å². The van der Waals surface area contributed by atoms with Crippen molar-refractivity contribution >= 4 is 21.6 Å². The first kappa shape index (κ1) is 27.2. The molecule has 202 valence electrons. The van der Waals surface area contributed by atoms with Crippen LogP contribution in [0.3, 0.4) is 0 Å². The van der Waals surface area contributed by atoms with Gasteiger partial charge in [0, 0.05) is 32.0 Å². The molecule has 4 rings (SSSR count). The fraction of sp³-hybridized carbons (Fsp3) is 0.500. The summed E-state index contributed by atoms with van der Waals surface area (Å²) in [6, 6.07) is 10.8. The topological polar surface area (TPSA) is 124 Å². The molecular weight excluding hydrogens is 498 g/mol. The van der Waals surface area contributed by atoms with Crippen molar-refractivity contribution in [2.75, 3.05) is 45.8 Å². The zero-order valence-electron chi connectivity index (χ0n) is 21.2. The van der Waals surface area contributed by atoms with Gasteiger partial charge in [-0.15, -0.1) is 0 Å². The summed E-state index contributed by atoms with van der Waals surface area (Å²) in [5.74, 6) is 0.810. The minimum Gasteiger partial charge on any atom is -0.493 e. The lowest BCUT2D eigenvalue weighted by Gasteiger charge is -2.22. The van der Waals surface area contributed by atoms with Gasteiger partial charge in [-0.1, -0.05) is 6.07 Å². The normalized spacial score (nSPS) is 20.4. The van der Waals surface area contributed by atoms with Crippen LogP contribution < -0.4 is 24.8 Å². The number of carbonyl (C=O) groups is 1. The molecule has 2 saturated heterocycles. The van der Waals surface area contributed by atoms with Gasteiger partial charge in [-0.05, 0) is 67.6 Å². The van der Waals surface area contributed by atoms with Crippen LogP contribution in [0.25, 0.3) is 0 Å². The molecule has 0 aliphatic carbocycles. The first-order valence-electron chi connectivity index (χ1n) is 12.5. The fourth-order valence-electron chi connectivity index (χ4n) is 4.44. The molecule has 0 spiro atoms. The Morgan fingerprint density at radius 1 is 0.946 bits per heavy atom. The van der Waals surface area contributed by atoms with Crippen molar-refractivity contribution in [3.05, 3.63) is 48.0 Å². The molecule has 2 aliphatic heterocycles. The quantitative estimate of drug-likeness (QED) is 0.380. The Morgan fingerprint density at radius 3 is 2.19 bits per heavy atom. The summed E-state index contributed by atoms with van der Waals surface area (Å²) in [6.45, 7) is 2.03. The van der Waals surface area contributed by atoms with E-state index in [1.54, 1.807) is 37.4 Å². The highest BCUT2D eigenvalue weighted by molar-refractivity contribution is 7.89. The largest absolute Gasteiger partial charge is 0.493 e. The summed E-state index contributed by atoms with van der Waals surface area (Å²) in [6.07, 6.45) is 3.58. The van der Waals surface area contributed by atoms with Gasteiger partial charge >= 0.3 is 0 Å². The van der Waals surface area contributed by atoms with Crippen molar-refractivity contribution in [2.45, 2.75) is 48.8 Å². The molecular formula is C26H35N3O7S. The molecule has 2 heterocycles. The summed E-state index contributed by atoms with van der Waals surface area (Å²) >= 11 is 0. The Kier molecular flexibility index (Phi) is 9.25. The van der Waals surface area contributed by atoms with Crippen LogP contribution in [0.1, 0.15) is 37.3 Å². The van der Waals surface area contributed by atoms with Crippen LogP contribution in [0.2, 0.25) is 0 Å². The Bertz CT molecular complexity index is 1150. The standard InChI is InChI=1S/C26H35N3O7S/c1-33-23-12-7-18(15-24(23)34-2)25(26(30)27-16-20-5-3-13-35-20)29-19-8-10-22(11-9-19)37(31,32)28-17-21-6-4-14-36-21/h7-12,15,20-21,25,28-29H,3-6,13-14,16-17H2,1-2H3,(H,27,30)/t20-,21+,25+/m1/s1.